The van der Waals surface area contributed by atoms with Gasteiger partial charge in [0.25, 0.3) is 0 Å². The fourth-order valence-corrected chi connectivity index (χ4v) is 2.59. The van der Waals surface area contributed by atoms with Crippen LogP contribution in [0, 0.1) is 11.8 Å². The highest BCUT2D eigenvalue weighted by Gasteiger charge is 2.35. The molecule has 16 heavy (non-hydrogen) atoms. The number of nitrogens with one attached hydrogen (secondary N) is 1. The zero-order valence-electron chi connectivity index (χ0n) is 9.82. The van der Waals surface area contributed by atoms with Gasteiger partial charge in [0, 0.05) is 25.7 Å². The maximum atomic E-state index is 11.1. The summed E-state index contributed by atoms with van der Waals surface area (Å²) in [6.45, 7) is 7.76. The van der Waals surface area contributed by atoms with E-state index in [1.807, 2.05) is 13.0 Å². The van der Waals surface area contributed by atoms with E-state index < -0.39 is 0 Å². The molecule has 0 amide bonds. The van der Waals surface area contributed by atoms with Crippen molar-refractivity contribution < 1.29 is 9.53 Å². The summed E-state index contributed by atoms with van der Waals surface area (Å²) in [4.78, 5) is 13.5. The van der Waals surface area contributed by atoms with Crippen molar-refractivity contribution in [2.75, 3.05) is 39.3 Å². The van der Waals surface area contributed by atoms with E-state index in [-0.39, 0.29) is 5.97 Å². The molecule has 0 aromatic heterocycles. The van der Waals surface area contributed by atoms with Gasteiger partial charge in [-0.2, -0.15) is 0 Å². The number of fused-ring (bicyclic) bond motifs is 1. The second-order valence-electron chi connectivity index (χ2n) is 4.55. The van der Waals surface area contributed by atoms with Crippen molar-refractivity contribution in [3.05, 3.63) is 12.2 Å². The molecule has 0 radical (unpaired) electrons. The van der Waals surface area contributed by atoms with Crippen LogP contribution in [-0.2, 0) is 9.53 Å². The summed E-state index contributed by atoms with van der Waals surface area (Å²) in [7, 11) is 0. The minimum atomic E-state index is -0.233. The molecule has 2 atom stereocenters. The third-order valence-corrected chi connectivity index (χ3v) is 3.37. The number of hydrogen-bond donors (Lipinski definition) is 1. The highest BCUT2D eigenvalue weighted by molar-refractivity contribution is 5.81. The van der Waals surface area contributed by atoms with Gasteiger partial charge in [0.05, 0.1) is 6.61 Å². The Labute approximate surface area is 96.6 Å². The number of carbonyl (C=O) groups is 1. The van der Waals surface area contributed by atoms with Crippen molar-refractivity contribution in [1.29, 1.82) is 0 Å². The summed E-state index contributed by atoms with van der Waals surface area (Å²) >= 11 is 0. The van der Waals surface area contributed by atoms with E-state index in [2.05, 4.69) is 10.2 Å². The van der Waals surface area contributed by atoms with Crippen molar-refractivity contribution in [2.45, 2.75) is 6.92 Å². The van der Waals surface area contributed by atoms with Gasteiger partial charge in [0.15, 0.2) is 0 Å². The van der Waals surface area contributed by atoms with Crippen molar-refractivity contribution in [2.24, 2.45) is 11.8 Å². The minimum Gasteiger partial charge on any atom is -0.463 e. The molecule has 0 aliphatic carbocycles. The van der Waals surface area contributed by atoms with Crippen molar-refractivity contribution >= 4 is 5.97 Å². The maximum Gasteiger partial charge on any atom is 0.330 e. The monoisotopic (exact) mass is 224 g/mol. The Morgan fingerprint density at radius 3 is 2.75 bits per heavy atom. The fraction of sp³-hybridized carbons (Fsp3) is 0.750. The lowest BCUT2D eigenvalue weighted by Crippen LogP contribution is -2.26. The molecule has 2 fully saturated rings. The predicted molar refractivity (Wildman–Crippen MR) is 62.1 cm³/mol. The molecule has 2 unspecified atom stereocenters. The summed E-state index contributed by atoms with van der Waals surface area (Å²) in [5.41, 5.74) is 0. The first-order valence-electron chi connectivity index (χ1n) is 6.06. The van der Waals surface area contributed by atoms with Crippen molar-refractivity contribution in [1.82, 2.24) is 10.2 Å². The van der Waals surface area contributed by atoms with Gasteiger partial charge in [-0.15, -0.1) is 0 Å². The Bertz CT molecular complexity index is 266. The molecule has 2 heterocycles. The number of esters is 1. The molecular formula is C12H20N2O2. The Balaban J connectivity index is 1.69. The molecule has 0 spiro atoms. The topological polar surface area (TPSA) is 41.6 Å². The SMILES string of the molecule is CCOC(=O)/C=C/CN1CC2CNCC2C1. The molecule has 0 aromatic rings. The van der Waals surface area contributed by atoms with E-state index >= 15 is 0 Å². The molecule has 2 aliphatic heterocycles. The second-order valence-corrected chi connectivity index (χ2v) is 4.55. The number of rotatable bonds is 4. The normalized spacial score (nSPS) is 29.8. The maximum absolute atomic E-state index is 11.1. The largest absolute Gasteiger partial charge is 0.463 e. The Morgan fingerprint density at radius 2 is 2.12 bits per heavy atom. The first-order valence-corrected chi connectivity index (χ1v) is 6.06. The molecule has 4 nitrogen and oxygen atoms in total. The zero-order valence-corrected chi connectivity index (χ0v) is 9.82. The van der Waals surface area contributed by atoms with Crippen LogP contribution in [0.25, 0.3) is 0 Å². The first-order chi connectivity index (χ1) is 7.79. The van der Waals surface area contributed by atoms with E-state index in [0.29, 0.717) is 6.61 Å². The third kappa shape index (κ3) is 2.83. The summed E-state index contributed by atoms with van der Waals surface area (Å²) in [6.07, 6.45) is 3.45. The van der Waals surface area contributed by atoms with Crippen LogP contribution < -0.4 is 5.32 Å². The summed E-state index contributed by atoms with van der Waals surface area (Å²) in [6, 6.07) is 0. The highest BCUT2D eigenvalue weighted by Crippen LogP contribution is 2.25. The number of ether oxygens (including phenoxy) is 1. The van der Waals surface area contributed by atoms with E-state index in [0.717, 1.165) is 44.6 Å². The van der Waals surface area contributed by atoms with Crippen LogP contribution >= 0.6 is 0 Å². The molecule has 0 bridgehead atoms. The summed E-state index contributed by atoms with van der Waals surface area (Å²) in [5, 5.41) is 3.42. The Morgan fingerprint density at radius 1 is 1.44 bits per heavy atom. The molecule has 2 aliphatic rings. The minimum absolute atomic E-state index is 0.233. The lowest BCUT2D eigenvalue weighted by Gasteiger charge is -2.13. The van der Waals surface area contributed by atoms with E-state index in [9.17, 15) is 4.79 Å². The van der Waals surface area contributed by atoms with Crippen LogP contribution in [0.1, 0.15) is 6.92 Å². The van der Waals surface area contributed by atoms with E-state index in [4.69, 9.17) is 4.74 Å². The molecule has 0 saturated carbocycles. The number of likely N-dealkylation sites (tertiary alicyclic amines) is 1. The average Bonchev–Trinajstić information content (AvgIpc) is 2.78. The van der Waals surface area contributed by atoms with Crippen LogP contribution in [0.2, 0.25) is 0 Å². The quantitative estimate of drug-likeness (QED) is 0.549. The van der Waals surface area contributed by atoms with Crippen molar-refractivity contribution in [3.8, 4) is 0 Å². The molecule has 1 N–H and O–H groups in total. The number of hydrogen-bond acceptors (Lipinski definition) is 4. The van der Waals surface area contributed by atoms with Gasteiger partial charge in [0.1, 0.15) is 0 Å². The van der Waals surface area contributed by atoms with Crippen molar-refractivity contribution in [3.63, 3.8) is 0 Å². The second kappa shape index (κ2) is 5.46. The van der Waals surface area contributed by atoms with Crippen LogP contribution in [-0.4, -0.2) is 50.2 Å². The fourth-order valence-electron chi connectivity index (χ4n) is 2.59. The van der Waals surface area contributed by atoms with Gasteiger partial charge >= 0.3 is 5.97 Å². The molecule has 2 saturated heterocycles. The van der Waals surface area contributed by atoms with Gasteiger partial charge < -0.3 is 10.1 Å². The summed E-state index contributed by atoms with van der Waals surface area (Å²) < 4.78 is 4.83. The zero-order chi connectivity index (χ0) is 11.4. The van der Waals surface area contributed by atoms with Gasteiger partial charge in [-0.3, -0.25) is 4.90 Å². The van der Waals surface area contributed by atoms with Crippen LogP contribution in [0.4, 0.5) is 0 Å². The third-order valence-electron chi connectivity index (χ3n) is 3.37. The molecule has 0 aromatic carbocycles. The first kappa shape index (κ1) is 11.6. The molecular weight excluding hydrogens is 204 g/mol. The standard InChI is InChI=1S/C12H20N2O2/c1-2-16-12(15)4-3-5-14-8-10-6-13-7-11(10)9-14/h3-4,10-11,13H,2,5-9H2,1H3/b4-3+. The van der Waals surface area contributed by atoms with Gasteiger partial charge in [-0.05, 0) is 31.8 Å². The highest BCUT2D eigenvalue weighted by atomic mass is 16.5. The van der Waals surface area contributed by atoms with Crippen LogP contribution in [0.5, 0.6) is 0 Å². The smallest absolute Gasteiger partial charge is 0.330 e. The molecule has 90 valence electrons. The molecule has 2 rings (SSSR count). The van der Waals surface area contributed by atoms with Gasteiger partial charge in [-0.25, -0.2) is 4.79 Å². The van der Waals surface area contributed by atoms with E-state index in [1.54, 1.807) is 0 Å². The van der Waals surface area contributed by atoms with Gasteiger partial charge in [0.2, 0.25) is 0 Å². The lowest BCUT2D eigenvalue weighted by atomic mass is 10.0. The van der Waals surface area contributed by atoms with Crippen LogP contribution in [0.3, 0.4) is 0 Å². The molecule has 4 heteroatoms. The summed E-state index contributed by atoms with van der Waals surface area (Å²) in [5.74, 6) is 1.40. The van der Waals surface area contributed by atoms with Gasteiger partial charge in [-0.1, -0.05) is 6.08 Å². The predicted octanol–water partition coefficient (Wildman–Crippen LogP) is 0.257. The number of nitrogens with zero attached hydrogens (tertiary/aromatic N) is 1. The number of carbonyl (C=O) groups excluding carboxylic acids is 1. The Hall–Kier alpha value is -0.870. The van der Waals surface area contributed by atoms with E-state index in [1.165, 1.54) is 6.08 Å². The van der Waals surface area contributed by atoms with Crippen LogP contribution in [0.15, 0.2) is 12.2 Å². The average molecular weight is 224 g/mol. The lowest BCUT2D eigenvalue weighted by molar-refractivity contribution is -0.137. The Kier molecular flexibility index (Phi) is 3.96.